The normalized spacial score (nSPS) is 16.1. The van der Waals surface area contributed by atoms with Crippen LogP contribution in [0.15, 0.2) is 16.0 Å². The van der Waals surface area contributed by atoms with Gasteiger partial charge in [0.2, 0.25) is 11.8 Å². The first kappa shape index (κ1) is 16.3. The van der Waals surface area contributed by atoms with Crippen molar-refractivity contribution in [2.45, 2.75) is 32.7 Å². The van der Waals surface area contributed by atoms with Crippen LogP contribution in [-0.4, -0.2) is 47.2 Å². The van der Waals surface area contributed by atoms with Gasteiger partial charge in [0.1, 0.15) is 5.69 Å². The third-order valence-electron chi connectivity index (χ3n) is 3.93. The molecule has 4 N–H and O–H groups in total. The van der Waals surface area contributed by atoms with E-state index in [9.17, 15) is 9.90 Å². The van der Waals surface area contributed by atoms with Gasteiger partial charge in [0.25, 0.3) is 5.62 Å². The van der Waals surface area contributed by atoms with Gasteiger partial charge in [-0.15, -0.1) is 0 Å². The van der Waals surface area contributed by atoms with Crippen molar-refractivity contribution in [3.05, 3.63) is 33.2 Å². The minimum atomic E-state index is -0.483. The quantitative estimate of drug-likeness (QED) is 0.488. The number of aromatic hydroxyl groups is 1. The molecule has 0 aliphatic heterocycles. The van der Waals surface area contributed by atoms with Gasteiger partial charge in [0, 0.05) is 11.8 Å². The second-order valence-electron chi connectivity index (χ2n) is 6.80. The van der Waals surface area contributed by atoms with Crippen molar-refractivity contribution >= 4 is 17.7 Å². The zero-order valence-electron chi connectivity index (χ0n) is 14.5. The number of imidazole rings is 1. The van der Waals surface area contributed by atoms with Gasteiger partial charge in [-0.05, 0) is 24.8 Å². The molecule has 0 radical (unpaired) electrons. The van der Waals surface area contributed by atoms with Crippen molar-refractivity contribution in [1.82, 2.24) is 29.5 Å². The molecular formula is C16H20N8O2. The van der Waals surface area contributed by atoms with E-state index in [-0.39, 0.29) is 17.6 Å². The molecule has 0 unspecified atom stereocenters. The summed E-state index contributed by atoms with van der Waals surface area (Å²) in [5, 5.41) is 18.0. The Morgan fingerprint density at radius 1 is 1.42 bits per heavy atom. The van der Waals surface area contributed by atoms with Gasteiger partial charge in [-0.3, -0.25) is 4.98 Å². The van der Waals surface area contributed by atoms with Crippen molar-refractivity contribution in [2.75, 3.05) is 11.9 Å². The molecular weight excluding hydrogens is 336 g/mol. The molecule has 3 aromatic heterocycles. The fourth-order valence-corrected chi connectivity index (χ4v) is 2.45. The SMILES string of the molecule is CC(C)CNc1nc(=NC2CC2)n2ncc(=Cc3[nH]c(=O)[nH]c3O)c2n1. The lowest BCUT2D eigenvalue weighted by molar-refractivity contribution is 0.454. The Bertz CT molecular complexity index is 1120. The van der Waals surface area contributed by atoms with E-state index in [0.29, 0.717) is 28.4 Å². The molecule has 1 fully saturated rings. The molecule has 1 saturated carbocycles. The predicted octanol–water partition coefficient (Wildman–Crippen LogP) is -0.475. The van der Waals surface area contributed by atoms with E-state index in [1.807, 2.05) is 0 Å². The van der Waals surface area contributed by atoms with E-state index in [2.05, 4.69) is 49.2 Å². The smallest absolute Gasteiger partial charge is 0.326 e. The highest BCUT2D eigenvalue weighted by Crippen LogP contribution is 2.22. The summed E-state index contributed by atoms with van der Waals surface area (Å²) in [4.78, 5) is 29.8. The van der Waals surface area contributed by atoms with Crippen LogP contribution in [0.2, 0.25) is 0 Å². The highest BCUT2D eigenvalue weighted by molar-refractivity contribution is 5.57. The molecule has 0 amide bonds. The van der Waals surface area contributed by atoms with Gasteiger partial charge >= 0.3 is 5.69 Å². The molecule has 1 aliphatic rings. The van der Waals surface area contributed by atoms with Crippen molar-refractivity contribution in [3.8, 4) is 5.88 Å². The third-order valence-corrected chi connectivity index (χ3v) is 3.93. The average molecular weight is 356 g/mol. The number of nitrogens with one attached hydrogen (secondary N) is 3. The van der Waals surface area contributed by atoms with Gasteiger partial charge in [-0.2, -0.15) is 19.6 Å². The molecule has 1 aliphatic carbocycles. The lowest BCUT2D eigenvalue weighted by Crippen LogP contribution is -2.25. The third kappa shape index (κ3) is 3.30. The molecule has 0 saturated heterocycles. The van der Waals surface area contributed by atoms with Gasteiger partial charge in [0.15, 0.2) is 5.65 Å². The highest BCUT2D eigenvalue weighted by Gasteiger charge is 2.21. The van der Waals surface area contributed by atoms with E-state index >= 15 is 0 Å². The first-order valence-electron chi connectivity index (χ1n) is 8.56. The van der Waals surface area contributed by atoms with Crippen LogP contribution in [0.1, 0.15) is 32.4 Å². The fraction of sp³-hybridized carbons (Fsp3) is 0.438. The largest absolute Gasteiger partial charge is 0.493 e. The zero-order valence-corrected chi connectivity index (χ0v) is 14.5. The number of anilines is 1. The van der Waals surface area contributed by atoms with Crippen LogP contribution in [-0.2, 0) is 0 Å². The van der Waals surface area contributed by atoms with E-state index < -0.39 is 5.69 Å². The molecule has 0 atom stereocenters. The lowest BCUT2D eigenvalue weighted by atomic mass is 10.2. The number of fused-ring (bicyclic) bond motifs is 1. The maximum Gasteiger partial charge on any atom is 0.326 e. The summed E-state index contributed by atoms with van der Waals surface area (Å²) in [7, 11) is 0. The summed E-state index contributed by atoms with van der Waals surface area (Å²) >= 11 is 0. The monoisotopic (exact) mass is 356 g/mol. The number of aromatic nitrogens is 6. The zero-order chi connectivity index (χ0) is 18.3. The molecule has 0 aromatic carbocycles. The number of aromatic amines is 2. The highest BCUT2D eigenvalue weighted by atomic mass is 16.3. The molecule has 3 heterocycles. The van der Waals surface area contributed by atoms with Gasteiger partial charge in [-0.1, -0.05) is 13.8 Å². The van der Waals surface area contributed by atoms with Crippen LogP contribution < -0.4 is 21.8 Å². The van der Waals surface area contributed by atoms with Crippen LogP contribution >= 0.6 is 0 Å². The lowest BCUT2D eigenvalue weighted by Gasteiger charge is -2.07. The summed E-state index contributed by atoms with van der Waals surface area (Å²) < 4.78 is 1.58. The van der Waals surface area contributed by atoms with E-state index in [1.54, 1.807) is 16.8 Å². The second-order valence-corrected chi connectivity index (χ2v) is 6.80. The van der Waals surface area contributed by atoms with Crippen molar-refractivity contribution in [2.24, 2.45) is 10.9 Å². The predicted molar refractivity (Wildman–Crippen MR) is 94.6 cm³/mol. The average Bonchev–Trinajstić information content (AvgIpc) is 3.22. The number of nitrogens with zero attached hydrogens (tertiary/aromatic N) is 5. The van der Waals surface area contributed by atoms with E-state index in [0.717, 1.165) is 19.4 Å². The van der Waals surface area contributed by atoms with Crippen LogP contribution in [0.3, 0.4) is 0 Å². The number of hydrogen-bond acceptors (Lipinski definition) is 7. The van der Waals surface area contributed by atoms with Crippen LogP contribution in [0.5, 0.6) is 5.88 Å². The molecule has 26 heavy (non-hydrogen) atoms. The van der Waals surface area contributed by atoms with Crippen LogP contribution in [0, 0.1) is 5.92 Å². The Labute approximate surface area is 147 Å². The Kier molecular flexibility index (Phi) is 3.94. The number of hydrogen-bond donors (Lipinski definition) is 4. The maximum absolute atomic E-state index is 11.3. The summed E-state index contributed by atoms with van der Waals surface area (Å²) in [6, 6.07) is 0.285. The summed E-state index contributed by atoms with van der Waals surface area (Å²) in [5.74, 6) is 0.688. The Morgan fingerprint density at radius 2 is 2.23 bits per heavy atom. The first-order chi connectivity index (χ1) is 12.5. The maximum atomic E-state index is 11.3. The van der Waals surface area contributed by atoms with Gasteiger partial charge < -0.3 is 15.4 Å². The molecule has 136 valence electrons. The van der Waals surface area contributed by atoms with Crippen LogP contribution in [0.4, 0.5) is 5.95 Å². The second kappa shape index (κ2) is 6.28. The van der Waals surface area contributed by atoms with E-state index in [4.69, 9.17) is 0 Å². The topological polar surface area (TPSA) is 136 Å². The van der Waals surface area contributed by atoms with Crippen molar-refractivity contribution in [1.29, 1.82) is 0 Å². The summed E-state index contributed by atoms with van der Waals surface area (Å²) in [6.07, 6.45) is 5.32. The number of H-pyrrole nitrogens is 2. The van der Waals surface area contributed by atoms with Gasteiger partial charge in [0.05, 0.1) is 12.2 Å². The Hall–Kier alpha value is -3.17. The number of rotatable bonds is 5. The van der Waals surface area contributed by atoms with Crippen LogP contribution in [0.25, 0.3) is 11.7 Å². The molecule has 10 heteroatoms. The van der Waals surface area contributed by atoms with E-state index in [1.165, 1.54) is 0 Å². The van der Waals surface area contributed by atoms with Crippen molar-refractivity contribution < 1.29 is 5.11 Å². The summed E-state index contributed by atoms with van der Waals surface area (Å²) in [5.41, 5.74) is 0.826. The first-order valence-corrected chi connectivity index (χ1v) is 8.56. The summed E-state index contributed by atoms with van der Waals surface area (Å²) in [6.45, 7) is 4.94. The Balaban J connectivity index is 1.88. The molecule has 0 spiro atoms. The van der Waals surface area contributed by atoms with Crippen molar-refractivity contribution in [3.63, 3.8) is 0 Å². The molecule has 4 rings (SSSR count). The molecule has 10 nitrogen and oxygen atoms in total. The molecule has 0 bridgehead atoms. The standard InChI is InChI=1S/C16H20N8O2/c1-8(2)6-17-14-21-12-9(5-11-13(25)22-16(26)20-11)7-18-24(12)15(23-14)19-10-3-4-10/h5,7-8,10,25H,3-4,6H2,1-2H3,(H,17,19,23)(H2,20,22,26). The van der Waals surface area contributed by atoms with Gasteiger partial charge in [-0.25, -0.2) is 9.79 Å². The Morgan fingerprint density at radius 3 is 2.88 bits per heavy atom. The fourth-order valence-electron chi connectivity index (χ4n) is 2.45. The minimum Gasteiger partial charge on any atom is -0.493 e. The minimum absolute atomic E-state index is 0.232. The molecule has 3 aromatic rings.